The van der Waals surface area contributed by atoms with Crippen molar-refractivity contribution in [2.75, 3.05) is 56.9 Å². The zero-order valence-electron chi connectivity index (χ0n) is 14.6. The van der Waals surface area contributed by atoms with Crippen molar-refractivity contribution in [1.29, 1.82) is 0 Å². The third kappa shape index (κ3) is 17.2. The number of hydrogen-bond acceptors (Lipinski definition) is 8. The van der Waals surface area contributed by atoms with E-state index < -0.39 is 31.2 Å². The van der Waals surface area contributed by atoms with Gasteiger partial charge in [0.1, 0.15) is 0 Å². The molecule has 9 nitrogen and oxygen atoms in total. The van der Waals surface area contributed by atoms with Gasteiger partial charge in [-0.3, -0.25) is 4.55 Å². The highest BCUT2D eigenvalue weighted by Crippen LogP contribution is 2.11. The molecular formula is C13H28ClNO8S2. The molecule has 0 amide bonds. The lowest BCUT2D eigenvalue weighted by Crippen LogP contribution is -2.35. The molecule has 0 aromatic heterocycles. The third-order valence-electron chi connectivity index (χ3n) is 3.06. The van der Waals surface area contributed by atoms with E-state index >= 15 is 0 Å². The summed E-state index contributed by atoms with van der Waals surface area (Å²) in [6.45, 7) is 4.56. The highest BCUT2D eigenvalue weighted by molar-refractivity contribution is 7.91. The van der Waals surface area contributed by atoms with Crippen LogP contribution in [0.15, 0.2) is 0 Å². The van der Waals surface area contributed by atoms with E-state index in [4.69, 9.17) is 30.5 Å². The molecule has 0 aliphatic carbocycles. The lowest BCUT2D eigenvalue weighted by Gasteiger charge is -2.21. The van der Waals surface area contributed by atoms with Crippen LogP contribution in [-0.4, -0.2) is 83.8 Å². The van der Waals surface area contributed by atoms with Crippen molar-refractivity contribution >= 4 is 31.7 Å². The summed E-state index contributed by atoms with van der Waals surface area (Å²) in [4.78, 5) is 2.54. The van der Waals surface area contributed by atoms with Crippen molar-refractivity contribution in [1.82, 2.24) is 4.84 Å². The predicted molar refractivity (Wildman–Crippen MR) is 95.2 cm³/mol. The van der Waals surface area contributed by atoms with Crippen LogP contribution in [0, 0.1) is 0 Å². The molecule has 0 unspecified atom stereocenters. The maximum Gasteiger partial charge on any atom is 0.267 e. The van der Waals surface area contributed by atoms with Gasteiger partial charge in [0.25, 0.3) is 10.1 Å². The fourth-order valence-electron chi connectivity index (χ4n) is 1.45. The minimum Gasteiger partial charge on any atom is -0.378 e. The average molecular weight is 426 g/mol. The SMILES string of the molecule is CC(C)(CCS(=O)(=O)CCOCCOCCOCCS(=O)(=O)O)NCl. The lowest BCUT2D eigenvalue weighted by molar-refractivity contribution is 0.0200. The molecule has 12 heteroatoms. The molecule has 0 saturated carbocycles. The molecule has 0 aliphatic rings. The number of rotatable bonds is 16. The predicted octanol–water partition coefficient (Wildman–Crippen LogP) is 0.251. The largest absolute Gasteiger partial charge is 0.378 e. The number of halogens is 1. The Labute approximate surface area is 155 Å². The zero-order chi connectivity index (χ0) is 19.4. The fraction of sp³-hybridized carbons (Fsp3) is 1.00. The molecule has 0 rings (SSSR count). The van der Waals surface area contributed by atoms with Crippen molar-refractivity contribution in [2.45, 2.75) is 25.8 Å². The summed E-state index contributed by atoms with van der Waals surface area (Å²) in [5.41, 5.74) is -0.452. The molecule has 2 N–H and O–H groups in total. The quantitative estimate of drug-likeness (QED) is 0.203. The van der Waals surface area contributed by atoms with Gasteiger partial charge in [0.2, 0.25) is 0 Å². The molecule has 0 bridgehead atoms. The molecule has 0 fully saturated rings. The lowest BCUT2D eigenvalue weighted by atomic mass is 10.0. The Morgan fingerprint density at radius 3 is 1.72 bits per heavy atom. The van der Waals surface area contributed by atoms with Gasteiger partial charge >= 0.3 is 0 Å². The van der Waals surface area contributed by atoms with Crippen molar-refractivity contribution in [3.05, 3.63) is 0 Å². The molecule has 25 heavy (non-hydrogen) atoms. The number of nitrogens with one attached hydrogen (secondary N) is 1. The van der Waals surface area contributed by atoms with E-state index in [2.05, 4.69) is 4.84 Å². The molecule has 152 valence electrons. The van der Waals surface area contributed by atoms with Gasteiger partial charge in [-0.05, 0) is 32.0 Å². The van der Waals surface area contributed by atoms with Crippen LogP contribution in [0.25, 0.3) is 0 Å². The summed E-state index contributed by atoms with van der Waals surface area (Å²) in [7, 11) is -7.20. The first-order valence-corrected chi connectivity index (χ1v) is 11.5. The Kier molecular flexibility index (Phi) is 12.4. The molecule has 0 atom stereocenters. The molecule has 0 spiro atoms. The summed E-state index contributed by atoms with van der Waals surface area (Å²) < 4.78 is 68.3. The topological polar surface area (TPSA) is 128 Å². The Morgan fingerprint density at radius 1 is 0.840 bits per heavy atom. The van der Waals surface area contributed by atoms with Gasteiger partial charge < -0.3 is 14.2 Å². The van der Waals surface area contributed by atoms with Crippen LogP contribution in [0.1, 0.15) is 20.3 Å². The van der Waals surface area contributed by atoms with E-state index in [0.29, 0.717) is 6.42 Å². The third-order valence-corrected chi connectivity index (χ3v) is 5.87. The molecule has 0 radical (unpaired) electrons. The second-order valence-electron chi connectivity index (χ2n) is 6.00. The summed E-state index contributed by atoms with van der Waals surface area (Å²) in [5, 5.41) is 0. The van der Waals surface area contributed by atoms with Crippen molar-refractivity contribution in [3.63, 3.8) is 0 Å². The van der Waals surface area contributed by atoms with E-state index in [0.717, 1.165) is 0 Å². The minimum atomic E-state index is -4.00. The van der Waals surface area contributed by atoms with E-state index in [-0.39, 0.29) is 51.1 Å². The summed E-state index contributed by atoms with van der Waals surface area (Å²) in [5.74, 6) is -0.493. The monoisotopic (exact) mass is 425 g/mol. The van der Waals surface area contributed by atoms with Crippen molar-refractivity contribution in [2.24, 2.45) is 0 Å². The van der Waals surface area contributed by atoms with Gasteiger partial charge in [-0.2, -0.15) is 8.42 Å². The summed E-state index contributed by atoms with van der Waals surface area (Å²) in [6, 6.07) is 0. The van der Waals surface area contributed by atoms with E-state index in [1.165, 1.54) is 0 Å². The van der Waals surface area contributed by atoms with Gasteiger partial charge in [0.15, 0.2) is 9.84 Å². The van der Waals surface area contributed by atoms with Crippen LogP contribution in [0.5, 0.6) is 0 Å². The number of ether oxygens (including phenoxy) is 3. The highest BCUT2D eigenvalue weighted by atomic mass is 35.5. The second-order valence-corrected chi connectivity index (χ2v) is 10.1. The molecule has 0 aromatic carbocycles. The van der Waals surface area contributed by atoms with Gasteiger partial charge in [-0.15, -0.1) is 0 Å². The molecule has 0 aromatic rings. The maximum absolute atomic E-state index is 11.8. The standard InChI is InChI=1S/C13H28ClNO8S2/c1-13(2,15-14)3-10-24(16,17)11-8-22-6-4-21-5-7-23-9-12-25(18,19)20/h15H,3-12H2,1-2H3,(H,18,19,20). The van der Waals surface area contributed by atoms with Crippen molar-refractivity contribution < 1.29 is 35.6 Å². The van der Waals surface area contributed by atoms with Crippen LogP contribution in [-0.2, 0) is 34.2 Å². The zero-order valence-corrected chi connectivity index (χ0v) is 17.0. The Hall–Kier alpha value is -0.0100. The molecule has 0 saturated heterocycles. The Morgan fingerprint density at radius 2 is 1.28 bits per heavy atom. The van der Waals surface area contributed by atoms with Crippen LogP contribution >= 0.6 is 11.8 Å². The maximum atomic E-state index is 11.8. The first-order chi connectivity index (χ1) is 11.5. The molecular weight excluding hydrogens is 398 g/mol. The minimum absolute atomic E-state index is 0.0283. The average Bonchev–Trinajstić information content (AvgIpc) is 2.50. The number of hydrogen-bond donors (Lipinski definition) is 2. The summed E-state index contributed by atoms with van der Waals surface area (Å²) >= 11 is 5.53. The van der Waals surface area contributed by atoms with Crippen LogP contribution < -0.4 is 4.84 Å². The van der Waals surface area contributed by atoms with Gasteiger partial charge in [-0.25, -0.2) is 13.3 Å². The summed E-state index contributed by atoms with van der Waals surface area (Å²) in [6.07, 6.45) is 0.402. The van der Waals surface area contributed by atoms with E-state index in [9.17, 15) is 16.8 Å². The molecule has 0 heterocycles. The van der Waals surface area contributed by atoms with Gasteiger partial charge in [-0.1, -0.05) is 0 Å². The fourth-order valence-corrected chi connectivity index (χ4v) is 3.27. The van der Waals surface area contributed by atoms with Crippen molar-refractivity contribution in [3.8, 4) is 0 Å². The van der Waals surface area contributed by atoms with Gasteiger partial charge in [0.05, 0.1) is 56.9 Å². The normalized spacial score (nSPS) is 13.3. The first-order valence-electron chi connectivity index (χ1n) is 7.74. The number of sulfone groups is 1. The van der Waals surface area contributed by atoms with Crippen LogP contribution in [0.2, 0.25) is 0 Å². The van der Waals surface area contributed by atoms with Crippen LogP contribution in [0.4, 0.5) is 0 Å². The highest BCUT2D eigenvalue weighted by Gasteiger charge is 2.20. The second kappa shape index (κ2) is 12.4. The van der Waals surface area contributed by atoms with Gasteiger partial charge in [0, 0.05) is 5.54 Å². The first kappa shape index (κ1) is 25.0. The smallest absolute Gasteiger partial charge is 0.267 e. The molecule has 0 aliphatic heterocycles. The Balaban J connectivity index is 3.54. The Bertz CT molecular complexity index is 550. The van der Waals surface area contributed by atoms with Crippen LogP contribution in [0.3, 0.4) is 0 Å². The van der Waals surface area contributed by atoms with E-state index in [1.54, 1.807) is 0 Å². The van der Waals surface area contributed by atoms with E-state index in [1.807, 2.05) is 13.8 Å².